The predicted octanol–water partition coefficient (Wildman–Crippen LogP) is 10.4. The summed E-state index contributed by atoms with van der Waals surface area (Å²) in [6, 6.07) is 0. The van der Waals surface area contributed by atoms with Crippen LogP contribution in [0.15, 0.2) is 85.1 Å². The highest BCUT2D eigenvalue weighted by atomic mass is 16.6. The van der Waals surface area contributed by atoms with E-state index in [-0.39, 0.29) is 25.2 Å². The fourth-order valence-corrected chi connectivity index (χ4v) is 4.12. The van der Waals surface area contributed by atoms with Crippen molar-refractivity contribution < 1.29 is 24.2 Å². The van der Waals surface area contributed by atoms with Crippen LogP contribution in [0.3, 0.4) is 0 Å². The van der Waals surface area contributed by atoms with E-state index in [1.165, 1.54) is 6.42 Å². The Bertz CT molecular complexity index is 875. The van der Waals surface area contributed by atoms with Crippen molar-refractivity contribution in [1.82, 2.24) is 0 Å². The molecule has 0 spiro atoms. The van der Waals surface area contributed by atoms with Gasteiger partial charge in [0.25, 0.3) is 0 Å². The molecule has 0 amide bonds. The summed E-state index contributed by atoms with van der Waals surface area (Å²) in [5.41, 5.74) is 0. The van der Waals surface area contributed by atoms with Gasteiger partial charge in [-0.3, -0.25) is 9.59 Å². The summed E-state index contributed by atoms with van der Waals surface area (Å²) in [7, 11) is 0. The molecule has 0 saturated carbocycles. The quantitative estimate of drug-likeness (QED) is 0.0518. The standard InChI is InChI=1S/C39H62O5/c1-3-5-7-9-10-11-12-13-14-15-16-17-18-19-20-21-22-23-24-25-26-27-28-30-32-34-39(42)44-37(35-40)36-43-38(41)33-31-29-8-6-4-2/h5,7,10-11,13-14,16-17,19-20,22-23,25-26,37,40H,3-4,6,8-9,12,15,18,21,24,27-36H2,1-2H3/b7-5-,11-10-,14-13-,17-16-,20-19-,23-22-,26-25-. The van der Waals surface area contributed by atoms with Crippen molar-refractivity contribution in [3.63, 3.8) is 0 Å². The van der Waals surface area contributed by atoms with Gasteiger partial charge in [-0.1, -0.05) is 131 Å². The van der Waals surface area contributed by atoms with Crippen molar-refractivity contribution in [1.29, 1.82) is 0 Å². The number of ether oxygens (including phenoxy) is 2. The van der Waals surface area contributed by atoms with Crippen molar-refractivity contribution >= 4 is 11.9 Å². The number of carbonyl (C=O) groups excluding carboxylic acids is 2. The molecule has 0 saturated heterocycles. The molecule has 1 unspecified atom stereocenters. The van der Waals surface area contributed by atoms with E-state index >= 15 is 0 Å². The highest BCUT2D eigenvalue weighted by molar-refractivity contribution is 5.70. The minimum atomic E-state index is -0.788. The number of allylic oxidation sites excluding steroid dienone is 14. The van der Waals surface area contributed by atoms with E-state index in [4.69, 9.17) is 9.47 Å². The lowest BCUT2D eigenvalue weighted by Gasteiger charge is -2.15. The van der Waals surface area contributed by atoms with E-state index in [1.54, 1.807) is 0 Å². The molecule has 0 bridgehead atoms. The number of hydrogen-bond acceptors (Lipinski definition) is 5. The third-order valence-electron chi connectivity index (χ3n) is 6.70. The topological polar surface area (TPSA) is 72.8 Å². The second-order valence-corrected chi connectivity index (χ2v) is 10.9. The van der Waals surface area contributed by atoms with Crippen LogP contribution in [-0.2, 0) is 19.1 Å². The van der Waals surface area contributed by atoms with Gasteiger partial charge in [-0.15, -0.1) is 0 Å². The minimum absolute atomic E-state index is 0.0857. The van der Waals surface area contributed by atoms with Crippen LogP contribution >= 0.6 is 0 Å². The van der Waals surface area contributed by atoms with Gasteiger partial charge in [0.05, 0.1) is 6.61 Å². The molecule has 0 aliphatic heterocycles. The van der Waals surface area contributed by atoms with Gasteiger partial charge in [-0.05, 0) is 70.6 Å². The molecular formula is C39H62O5. The first-order valence-electron chi connectivity index (χ1n) is 17.1. The zero-order valence-electron chi connectivity index (χ0n) is 27.9. The monoisotopic (exact) mass is 610 g/mol. The van der Waals surface area contributed by atoms with Crippen LogP contribution in [-0.4, -0.2) is 36.4 Å². The molecule has 0 aromatic carbocycles. The third-order valence-corrected chi connectivity index (χ3v) is 6.70. The lowest BCUT2D eigenvalue weighted by molar-refractivity contribution is -0.161. The van der Waals surface area contributed by atoms with Crippen molar-refractivity contribution in [2.45, 2.75) is 136 Å². The summed E-state index contributed by atoms with van der Waals surface area (Å²) < 4.78 is 10.4. The maximum Gasteiger partial charge on any atom is 0.306 e. The van der Waals surface area contributed by atoms with Gasteiger partial charge in [-0.25, -0.2) is 0 Å². The van der Waals surface area contributed by atoms with Crippen LogP contribution in [0.25, 0.3) is 0 Å². The third kappa shape index (κ3) is 32.0. The predicted molar refractivity (Wildman–Crippen MR) is 186 cm³/mol. The van der Waals surface area contributed by atoms with Crippen LogP contribution in [0.5, 0.6) is 0 Å². The molecule has 5 nitrogen and oxygen atoms in total. The highest BCUT2D eigenvalue weighted by Gasteiger charge is 2.16. The number of hydrogen-bond donors (Lipinski definition) is 1. The summed E-state index contributed by atoms with van der Waals surface area (Å²) in [4.78, 5) is 23.9. The Balaban J connectivity index is 3.70. The van der Waals surface area contributed by atoms with Crippen LogP contribution in [0, 0.1) is 0 Å². The Labute approximate surface area is 269 Å². The van der Waals surface area contributed by atoms with Crippen LogP contribution in [0.2, 0.25) is 0 Å². The molecule has 1 atom stereocenters. The molecule has 0 rings (SSSR count). The summed E-state index contributed by atoms with van der Waals surface area (Å²) in [6.45, 7) is 3.87. The molecule has 0 aliphatic rings. The fraction of sp³-hybridized carbons (Fsp3) is 0.590. The molecule has 5 heteroatoms. The zero-order chi connectivity index (χ0) is 32.2. The average molecular weight is 611 g/mol. The van der Waals surface area contributed by atoms with Crippen molar-refractivity contribution in [3.8, 4) is 0 Å². The molecule has 0 heterocycles. The fourth-order valence-electron chi connectivity index (χ4n) is 4.12. The lowest BCUT2D eigenvalue weighted by atomic mass is 10.1. The number of carbonyl (C=O) groups is 2. The van der Waals surface area contributed by atoms with Gasteiger partial charge in [0.2, 0.25) is 0 Å². The number of rotatable bonds is 29. The van der Waals surface area contributed by atoms with Gasteiger partial charge in [0, 0.05) is 12.8 Å². The summed E-state index contributed by atoms with van der Waals surface area (Å²) in [6.07, 6.45) is 46.7. The SMILES string of the molecule is CC/C=C\C/C=C\C/C=C\C/C=C\C/C=C\C/C=C\C/C=C\CCCCCC(=O)OC(CO)COC(=O)CCCCCCC. The van der Waals surface area contributed by atoms with Gasteiger partial charge in [0.1, 0.15) is 6.61 Å². The molecular weight excluding hydrogens is 548 g/mol. The Hall–Kier alpha value is -2.92. The average Bonchev–Trinajstić information content (AvgIpc) is 3.02. The number of aliphatic hydroxyl groups is 1. The molecule has 0 aromatic heterocycles. The Morgan fingerprint density at radius 2 is 0.977 bits per heavy atom. The first kappa shape index (κ1) is 41.1. The van der Waals surface area contributed by atoms with Crippen molar-refractivity contribution in [2.24, 2.45) is 0 Å². The normalized spacial score (nSPS) is 13.2. The van der Waals surface area contributed by atoms with Gasteiger partial charge in [0.15, 0.2) is 6.10 Å². The van der Waals surface area contributed by atoms with Gasteiger partial charge < -0.3 is 14.6 Å². The van der Waals surface area contributed by atoms with E-state index in [0.717, 1.165) is 96.3 Å². The molecule has 0 fully saturated rings. The number of unbranched alkanes of at least 4 members (excludes halogenated alkanes) is 7. The molecule has 1 N–H and O–H groups in total. The van der Waals surface area contributed by atoms with E-state index in [9.17, 15) is 14.7 Å². The lowest BCUT2D eigenvalue weighted by Crippen LogP contribution is -2.28. The van der Waals surface area contributed by atoms with Crippen LogP contribution in [0.1, 0.15) is 129 Å². The van der Waals surface area contributed by atoms with E-state index in [2.05, 4.69) is 98.9 Å². The van der Waals surface area contributed by atoms with Crippen molar-refractivity contribution in [2.75, 3.05) is 13.2 Å². The molecule has 44 heavy (non-hydrogen) atoms. The maximum absolute atomic E-state index is 12.1. The highest BCUT2D eigenvalue weighted by Crippen LogP contribution is 2.09. The molecule has 0 aliphatic carbocycles. The number of esters is 2. The first-order chi connectivity index (χ1) is 21.6. The summed E-state index contributed by atoms with van der Waals surface area (Å²) >= 11 is 0. The molecule has 0 radical (unpaired) electrons. The molecule has 0 aromatic rings. The van der Waals surface area contributed by atoms with Gasteiger partial charge in [-0.2, -0.15) is 0 Å². The van der Waals surface area contributed by atoms with E-state index < -0.39 is 6.10 Å². The summed E-state index contributed by atoms with van der Waals surface area (Å²) in [5, 5.41) is 9.44. The Kier molecular flexibility index (Phi) is 32.3. The van der Waals surface area contributed by atoms with E-state index in [0.29, 0.717) is 12.8 Å². The summed E-state index contributed by atoms with van der Waals surface area (Å²) in [5.74, 6) is -0.655. The van der Waals surface area contributed by atoms with Crippen LogP contribution < -0.4 is 0 Å². The number of aliphatic hydroxyl groups excluding tert-OH is 1. The second kappa shape index (κ2) is 34.6. The smallest absolute Gasteiger partial charge is 0.306 e. The van der Waals surface area contributed by atoms with E-state index in [1.807, 2.05) is 0 Å². The first-order valence-corrected chi connectivity index (χ1v) is 17.1. The zero-order valence-corrected chi connectivity index (χ0v) is 27.9. The maximum atomic E-state index is 12.1. The Morgan fingerprint density at radius 3 is 1.45 bits per heavy atom. The second-order valence-electron chi connectivity index (χ2n) is 10.9. The molecule has 248 valence electrons. The Morgan fingerprint density at radius 1 is 0.545 bits per heavy atom. The van der Waals surface area contributed by atoms with Gasteiger partial charge >= 0.3 is 11.9 Å². The largest absolute Gasteiger partial charge is 0.462 e. The van der Waals surface area contributed by atoms with Crippen molar-refractivity contribution in [3.05, 3.63) is 85.1 Å². The van der Waals surface area contributed by atoms with Crippen LogP contribution in [0.4, 0.5) is 0 Å². The minimum Gasteiger partial charge on any atom is -0.462 e.